The van der Waals surface area contributed by atoms with Crippen LogP contribution in [0.15, 0.2) is 42.7 Å². The molecule has 268 valence electrons. The summed E-state index contributed by atoms with van der Waals surface area (Å²) in [6.45, 7) is 25.6. The number of pyridine rings is 1. The Morgan fingerprint density at radius 3 is 1.30 bits per heavy atom. The molecule has 11 nitrogen and oxygen atoms in total. The third-order valence-electron chi connectivity index (χ3n) is 8.04. The van der Waals surface area contributed by atoms with Crippen LogP contribution in [-0.4, -0.2) is 71.3 Å². The molecule has 4 heterocycles. The topological polar surface area (TPSA) is 153 Å². The van der Waals surface area contributed by atoms with Gasteiger partial charge in [-0.1, -0.05) is 69.2 Å². The summed E-state index contributed by atoms with van der Waals surface area (Å²) in [6, 6.07) is 10.5. The maximum Gasteiger partial charge on any atom is 0.326 e. The van der Waals surface area contributed by atoms with Gasteiger partial charge in [-0.05, 0) is 73.8 Å². The Morgan fingerprint density at radius 2 is 1.00 bits per heavy atom. The standard InChI is InChI=1S/C27H46BN6O.C7H10N2.Ni.2H2O/c1-16(2)21-13-23(18(5)6)32(29-21)28(33-24(19(7)8)14-22(30-33)17(3)4)34-25(20(9)10)15-26(31-34)27(11,12)35;1-9(2)7-3-5-8-6-4-7;;;/h13-20,28,35H,1-12H3;3-6H,1-2H3;;2*1H2/q-1;;;;. The predicted molar refractivity (Wildman–Crippen MR) is 192 cm³/mol. The zero-order valence-electron chi connectivity index (χ0n) is 31.0. The molecule has 0 aromatic carbocycles. The fourth-order valence-electron chi connectivity index (χ4n) is 5.30. The van der Waals surface area contributed by atoms with Crippen LogP contribution in [0.2, 0.25) is 0 Å². The van der Waals surface area contributed by atoms with Gasteiger partial charge in [-0.2, -0.15) is 0 Å². The Labute approximate surface area is 292 Å². The Morgan fingerprint density at radius 1 is 0.638 bits per heavy atom. The average molecular weight is 698 g/mol. The number of rotatable bonds is 10. The van der Waals surface area contributed by atoms with Crippen LogP contribution in [0.5, 0.6) is 0 Å². The van der Waals surface area contributed by atoms with Crippen molar-refractivity contribution in [3.8, 4) is 0 Å². The van der Waals surface area contributed by atoms with Crippen molar-refractivity contribution in [1.29, 1.82) is 0 Å². The molecule has 0 saturated heterocycles. The van der Waals surface area contributed by atoms with E-state index in [9.17, 15) is 5.11 Å². The molecule has 0 unspecified atom stereocenters. The smallest absolute Gasteiger partial charge is 0.326 e. The van der Waals surface area contributed by atoms with E-state index in [0.29, 0.717) is 29.4 Å². The molecule has 4 rings (SSSR count). The molecule has 5 N–H and O–H groups in total. The van der Waals surface area contributed by atoms with Crippen LogP contribution in [0, 0.1) is 0 Å². The molecule has 47 heavy (non-hydrogen) atoms. The maximum absolute atomic E-state index is 10.9. The van der Waals surface area contributed by atoms with Crippen molar-refractivity contribution in [2.45, 2.75) is 118 Å². The number of aliphatic hydroxyl groups is 1. The molecular formula is C34H60BN8NiO3-. The van der Waals surface area contributed by atoms with Crippen molar-refractivity contribution in [3.63, 3.8) is 0 Å². The van der Waals surface area contributed by atoms with Crippen molar-refractivity contribution in [1.82, 2.24) is 34.1 Å². The summed E-state index contributed by atoms with van der Waals surface area (Å²) < 4.78 is 6.50. The zero-order chi connectivity index (χ0) is 33.1. The van der Waals surface area contributed by atoms with E-state index in [1.54, 1.807) is 26.2 Å². The molecule has 0 spiro atoms. The van der Waals surface area contributed by atoms with E-state index in [1.165, 1.54) is 17.1 Å². The van der Waals surface area contributed by atoms with Gasteiger partial charge >= 0.3 is 7.12 Å². The molecule has 0 aliphatic heterocycles. The first-order valence-corrected chi connectivity index (χ1v) is 16.2. The molecule has 0 aliphatic carbocycles. The van der Waals surface area contributed by atoms with Crippen molar-refractivity contribution in [2.75, 3.05) is 19.0 Å². The van der Waals surface area contributed by atoms with E-state index in [-0.39, 0.29) is 33.4 Å². The van der Waals surface area contributed by atoms with Crippen molar-refractivity contribution < 1.29 is 32.6 Å². The Balaban J connectivity index is 0.00000153. The minimum atomic E-state index is -1.60. The fourth-order valence-corrected chi connectivity index (χ4v) is 5.30. The second kappa shape index (κ2) is 18.0. The maximum atomic E-state index is 10.9. The summed E-state index contributed by atoms with van der Waals surface area (Å²) in [5.74, 6) is 1.44. The van der Waals surface area contributed by atoms with Gasteiger partial charge in [0.2, 0.25) is 0 Å². The van der Waals surface area contributed by atoms with Crippen molar-refractivity contribution in [3.05, 3.63) is 76.9 Å². The fraction of sp³-hybridized carbons (Fsp3) is 0.588. The molecule has 0 saturated carbocycles. The van der Waals surface area contributed by atoms with Gasteiger partial charge in [0.15, 0.2) is 0 Å². The van der Waals surface area contributed by atoms with Gasteiger partial charge in [-0.3, -0.25) is 4.98 Å². The summed E-state index contributed by atoms with van der Waals surface area (Å²) in [5, 5.41) is 26.3. The van der Waals surface area contributed by atoms with E-state index in [1.807, 2.05) is 31.1 Å². The number of nitrogens with zero attached hydrogens (tertiary/aromatic N) is 8. The molecular weight excluding hydrogens is 638 g/mol. The van der Waals surface area contributed by atoms with E-state index in [0.717, 1.165) is 17.1 Å². The third kappa shape index (κ3) is 10.5. The van der Waals surface area contributed by atoms with Crippen LogP contribution in [0.25, 0.3) is 0 Å². The number of aromatic nitrogens is 7. The molecule has 0 atom stereocenters. The molecule has 13 heteroatoms. The zero-order valence-corrected chi connectivity index (χ0v) is 32.0. The Hall–Kier alpha value is -2.98. The monoisotopic (exact) mass is 697 g/mol. The molecule has 0 fully saturated rings. The quantitative estimate of drug-likeness (QED) is 0.223. The molecule has 4 aromatic rings. The SMILES string of the molecule is CC(C)c1cc(C(C)C)n([BH-](n2nc(C(C)C)cc2C(C)C)n2nc(C(C)(C)O)cc2C(C)C)n1.CN(C)c1ccncc1.O.O.[Ni]. The van der Waals surface area contributed by atoms with E-state index < -0.39 is 12.7 Å². The predicted octanol–water partition coefficient (Wildman–Crippen LogP) is 5.28. The first-order chi connectivity index (χ1) is 20.4. The van der Waals surface area contributed by atoms with E-state index >= 15 is 0 Å². The summed E-state index contributed by atoms with van der Waals surface area (Å²) in [7, 11) is 2.42. The summed E-state index contributed by atoms with van der Waals surface area (Å²) >= 11 is 0. The van der Waals surface area contributed by atoms with E-state index in [2.05, 4.69) is 106 Å². The molecule has 0 bridgehead atoms. The van der Waals surface area contributed by atoms with Crippen LogP contribution in [0.3, 0.4) is 0 Å². The van der Waals surface area contributed by atoms with Crippen LogP contribution in [0.1, 0.15) is 147 Å². The van der Waals surface area contributed by atoms with Crippen LogP contribution >= 0.6 is 0 Å². The first-order valence-electron chi connectivity index (χ1n) is 16.2. The molecule has 0 radical (unpaired) electrons. The number of anilines is 1. The minimum Gasteiger partial charge on any atom is -0.412 e. The normalized spacial score (nSPS) is 11.5. The largest absolute Gasteiger partial charge is 0.412 e. The van der Waals surface area contributed by atoms with Gasteiger partial charge in [-0.15, -0.1) is 0 Å². The number of hydrogen-bond donors (Lipinski definition) is 1. The van der Waals surface area contributed by atoms with Crippen molar-refractivity contribution in [2.24, 2.45) is 0 Å². The summed E-state index contributed by atoms with van der Waals surface area (Å²) in [5.41, 5.74) is 6.41. The second-order valence-corrected chi connectivity index (χ2v) is 14.3. The average Bonchev–Trinajstić information content (AvgIpc) is 3.67. The van der Waals surface area contributed by atoms with Crippen molar-refractivity contribution >= 4 is 12.8 Å². The Bertz CT molecular complexity index is 1430. The third-order valence-corrected chi connectivity index (χ3v) is 8.04. The summed E-state index contributed by atoms with van der Waals surface area (Å²) in [6.07, 6.45) is 3.57. The van der Waals surface area contributed by atoms with Gasteiger partial charge in [0.1, 0.15) is 5.60 Å². The second-order valence-electron chi connectivity index (χ2n) is 14.3. The molecule has 0 aliphatic rings. The van der Waals surface area contributed by atoms with E-state index in [4.69, 9.17) is 15.3 Å². The molecule has 0 amide bonds. The van der Waals surface area contributed by atoms with Crippen LogP contribution in [0.4, 0.5) is 5.69 Å². The molecule has 4 aromatic heterocycles. The van der Waals surface area contributed by atoms with Crippen LogP contribution in [-0.2, 0) is 22.1 Å². The first kappa shape index (κ1) is 44.0. The Kier molecular flexibility index (Phi) is 16.8. The van der Waals surface area contributed by atoms with Crippen LogP contribution < -0.4 is 4.90 Å². The number of hydrogen-bond acceptors (Lipinski definition) is 6. The van der Waals surface area contributed by atoms with Gasteiger partial charge in [-0.25, -0.2) is 15.3 Å². The van der Waals surface area contributed by atoms with Gasteiger partial charge in [0, 0.05) is 65.7 Å². The minimum absolute atomic E-state index is 0. The van der Waals surface area contributed by atoms with Gasteiger partial charge in [0.25, 0.3) is 0 Å². The van der Waals surface area contributed by atoms with Gasteiger partial charge < -0.3 is 34.7 Å². The summed E-state index contributed by atoms with van der Waals surface area (Å²) in [4.78, 5) is 5.94. The van der Waals surface area contributed by atoms with Gasteiger partial charge in [0.05, 0.1) is 17.1 Å².